The third-order valence-corrected chi connectivity index (χ3v) is 10.7. The number of aliphatic hydroxyl groups excluding tert-OH is 1. The summed E-state index contributed by atoms with van der Waals surface area (Å²) >= 11 is 0. The molecule has 3 fully saturated rings. The van der Waals surface area contributed by atoms with Crippen LogP contribution in [0.15, 0.2) is 114 Å². The van der Waals surface area contributed by atoms with E-state index in [2.05, 4.69) is 21.8 Å². The Morgan fingerprint density at radius 3 is 2.11 bits per heavy atom. The summed E-state index contributed by atoms with van der Waals surface area (Å²) in [6.07, 6.45) is 0.191. The second-order valence-electron chi connectivity index (χ2n) is 12.4. The number of rotatable bonds is 9. The van der Waals surface area contributed by atoms with Gasteiger partial charge in [0.15, 0.2) is 12.1 Å². The van der Waals surface area contributed by atoms with Crippen molar-refractivity contribution < 1.29 is 32.5 Å². The molecule has 4 unspecified atom stereocenters. The van der Waals surface area contributed by atoms with Gasteiger partial charge in [0.05, 0.1) is 36.9 Å². The molecule has 3 aliphatic heterocycles. The van der Waals surface area contributed by atoms with Crippen LogP contribution >= 0.6 is 0 Å². The highest BCUT2D eigenvalue weighted by molar-refractivity contribution is 7.92. The molecule has 0 aliphatic carbocycles. The number of hydrogen-bond acceptors (Lipinski definition) is 8. The van der Waals surface area contributed by atoms with E-state index in [4.69, 9.17) is 18.9 Å². The Balaban J connectivity index is 1.21. The molecule has 3 aliphatic rings. The number of ether oxygens (including phenoxy) is 4. The predicted octanol–water partition coefficient (Wildman–Crippen LogP) is 5.76. The second-order valence-corrected chi connectivity index (χ2v) is 14.0. The Hall–Kier alpha value is -3.61. The van der Waals surface area contributed by atoms with Crippen molar-refractivity contribution in [2.75, 3.05) is 37.6 Å². The third-order valence-electron chi connectivity index (χ3n) is 9.30. The Morgan fingerprint density at radius 1 is 0.766 bits per heavy atom. The van der Waals surface area contributed by atoms with E-state index in [0.29, 0.717) is 31.0 Å². The maximum atomic E-state index is 13.1. The molecular weight excluding hydrogens is 616 g/mol. The minimum absolute atomic E-state index is 0.0438. The summed E-state index contributed by atoms with van der Waals surface area (Å²) in [5.41, 5.74) is 4.02. The zero-order chi connectivity index (χ0) is 32.3. The highest BCUT2D eigenvalue weighted by Crippen LogP contribution is 2.47. The van der Waals surface area contributed by atoms with Crippen LogP contribution in [0, 0.1) is 0 Å². The first-order chi connectivity index (χ1) is 22.9. The van der Waals surface area contributed by atoms with Crippen LogP contribution in [0.4, 0.5) is 5.69 Å². The summed E-state index contributed by atoms with van der Waals surface area (Å²) in [6.45, 7) is 3.54. The van der Waals surface area contributed by atoms with Crippen molar-refractivity contribution >= 4 is 15.7 Å². The Bertz CT molecular complexity index is 1720. The van der Waals surface area contributed by atoms with Crippen LogP contribution in [0.5, 0.6) is 0 Å². The summed E-state index contributed by atoms with van der Waals surface area (Å²) in [5, 5.41) is 9.72. The zero-order valence-corrected chi connectivity index (χ0v) is 26.9. The van der Waals surface area contributed by atoms with Crippen LogP contribution in [0.1, 0.15) is 53.4 Å². The Morgan fingerprint density at radius 2 is 1.43 bits per heavy atom. The highest BCUT2D eigenvalue weighted by atomic mass is 32.2. The van der Waals surface area contributed by atoms with Gasteiger partial charge < -0.3 is 29.0 Å². The standard InChI is InChI=1S/C37H40N2O7S/c40-26-27-14-16-29(17-15-27)35-34(28-8-3-1-4-9-28)33(25-39-20-18-37(19-21-39)43-22-23-44-37)45-36(46-35)30-10-7-11-31(24-30)38-47(41,42)32-12-5-2-6-13-32/h1-17,24,33-36,38,40H,18-23,25-26H2. The van der Waals surface area contributed by atoms with Gasteiger partial charge in [-0.15, -0.1) is 0 Å². The van der Waals surface area contributed by atoms with E-state index >= 15 is 0 Å². The number of aliphatic hydroxyl groups is 1. The van der Waals surface area contributed by atoms with E-state index in [1.807, 2.05) is 48.5 Å². The van der Waals surface area contributed by atoms with E-state index < -0.39 is 22.1 Å². The lowest BCUT2D eigenvalue weighted by Crippen LogP contribution is -2.50. The molecular formula is C37H40N2O7S. The maximum absolute atomic E-state index is 13.1. The van der Waals surface area contributed by atoms with Crippen LogP contribution in [-0.2, 0) is 35.6 Å². The molecule has 7 rings (SSSR count). The van der Waals surface area contributed by atoms with Gasteiger partial charge in [-0.25, -0.2) is 8.42 Å². The predicted molar refractivity (Wildman–Crippen MR) is 177 cm³/mol. The summed E-state index contributed by atoms with van der Waals surface area (Å²) in [5.74, 6) is -0.610. The van der Waals surface area contributed by atoms with Gasteiger partial charge in [0.2, 0.25) is 0 Å². The molecule has 4 atom stereocenters. The van der Waals surface area contributed by atoms with Crippen LogP contribution in [0.25, 0.3) is 0 Å². The van der Waals surface area contributed by atoms with Crippen molar-refractivity contribution in [3.63, 3.8) is 0 Å². The molecule has 3 saturated heterocycles. The normalized spacial score (nSPS) is 24.7. The minimum Gasteiger partial charge on any atom is -0.392 e. The number of likely N-dealkylation sites (tertiary alicyclic amines) is 1. The van der Waals surface area contributed by atoms with E-state index in [-0.39, 0.29) is 29.6 Å². The van der Waals surface area contributed by atoms with Gasteiger partial charge in [0.1, 0.15) is 0 Å². The van der Waals surface area contributed by atoms with Crippen molar-refractivity contribution in [2.24, 2.45) is 0 Å². The van der Waals surface area contributed by atoms with Gasteiger partial charge in [-0.2, -0.15) is 0 Å². The smallest absolute Gasteiger partial charge is 0.261 e. The summed E-state index contributed by atoms with van der Waals surface area (Å²) in [7, 11) is -3.78. The first kappa shape index (κ1) is 32.0. The SMILES string of the molecule is O=S(=O)(Nc1cccc(C2OC(CN3CCC4(CC3)OCCO4)C(c3ccccc3)C(c3ccc(CO)cc3)O2)c1)c1ccccc1. The van der Waals surface area contributed by atoms with E-state index in [1.54, 1.807) is 48.5 Å². The van der Waals surface area contributed by atoms with E-state index in [0.717, 1.165) is 42.6 Å². The van der Waals surface area contributed by atoms with Crippen LogP contribution < -0.4 is 4.72 Å². The summed E-state index contributed by atoms with van der Waals surface area (Å²) in [6, 6.07) is 33.7. The van der Waals surface area contributed by atoms with Crippen LogP contribution in [-0.4, -0.2) is 63.2 Å². The van der Waals surface area contributed by atoms with Crippen molar-refractivity contribution in [1.82, 2.24) is 4.90 Å². The average molecular weight is 657 g/mol. The molecule has 0 radical (unpaired) electrons. The molecule has 0 aromatic heterocycles. The van der Waals surface area contributed by atoms with E-state index in [1.165, 1.54) is 0 Å². The molecule has 9 nitrogen and oxygen atoms in total. The molecule has 246 valence electrons. The lowest BCUT2D eigenvalue weighted by Gasteiger charge is -2.46. The Kier molecular flexibility index (Phi) is 9.42. The first-order valence-corrected chi connectivity index (χ1v) is 17.6. The number of benzene rings is 4. The maximum Gasteiger partial charge on any atom is 0.261 e. The molecule has 0 bridgehead atoms. The van der Waals surface area contributed by atoms with Crippen molar-refractivity contribution in [1.29, 1.82) is 0 Å². The number of nitrogens with one attached hydrogen (secondary N) is 1. The topological polar surface area (TPSA) is 107 Å². The lowest BCUT2D eigenvalue weighted by molar-refractivity contribution is -0.265. The fourth-order valence-corrected chi connectivity index (χ4v) is 7.91. The monoisotopic (exact) mass is 656 g/mol. The molecule has 3 heterocycles. The van der Waals surface area contributed by atoms with Gasteiger partial charge in [-0.1, -0.05) is 84.9 Å². The average Bonchev–Trinajstić information content (AvgIpc) is 3.57. The van der Waals surface area contributed by atoms with Crippen molar-refractivity contribution in [3.05, 3.63) is 131 Å². The second kappa shape index (κ2) is 13.9. The molecule has 2 N–H and O–H groups in total. The lowest BCUT2D eigenvalue weighted by atomic mass is 9.83. The Labute approximate surface area is 276 Å². The van der Waals surface area contributed by atoms with Crippen molar-refractivity contribution in [2.45, 2.75) is 54.5 Å². The fourth-order valence-electron chi connectivity index (χ4n) is 6.84. The van der Waals surface area contributed by atoms with Gasteiger partial charge in [0.25, 0.3) is 10.0 Å². The molecule has 0 saturated carbocycles. The number of sulfonamides is 1. The molecule has 0 amide bonds. The third kappa shape index (κ3) is 7.14. The summed E-state index contributed by atoms with van der Waals surface area (Å²) in [4.78, 5) is 2.60. The van der Waals surface area contributed by atoms with E-state index in [9.17, 15) is 13.5 Å². The number of anilines is 1. The quantitative estimate of drug-likeness (QED) is 0.235. The summed E-state index contributed by atoms with van der Waals surface area (Å²) < 4.78 is 54.7. The molecule has 1 spiro atoms. The largest absolute Gasteiger partial charge is 0.392 e. The van der Waals surface area contributed by atoms with Crippen molar-refractivity contribution in [3.8, 4) is 0 Å². The molecule has 47 heavy (non-hydrogen) atoms. The van der Waals surface area contributed by atoms with Gasteiger partial charge in [0, 0.05) is 49.6 Å². The molecule has 4 aromatic carbocycles. The zero-order valence-electron chi connectivity index (χ0n) is 26.1. The minimum atomic E-state index is -3.78. The molecule has 4 aromatic rings. The first-order valence-electron chi connectivity index (χ1n) is 16.2. The van der Waals surface area contributed by atoms with Gasteiger partial charge >= 0.3 is 0 Å². The number of hydrogen-bond donors (Lipinski definition) is 2. The number of nitrogens with zero attached hydrogens (tertiary/aromatic N) is 1. The van der Waals surface area contributed by atoms with Gasteiger partial charge in [-0.3, -0.25) is 4.72 Å². The van der Waals surface area contributed by atoms with Crippen LogP contribution in [0.2, 0.25) is 0 Å². The van der Waals surface area contributed by atoms with Crippen LogP contribution in [0.3, 0.4) is 0 Å². The number of piperidine rings is 1. The highest BCUT2D eigenvalue weighted by Gasteiger charge is 2.45. The van der Waals surface area contributed by atoms with Gasteiger partial charge in [-0.05, 0) is 41.0 Å². The fraction of sp³-hybridized carbons (Fsp3) is 0.351. The molecule has 10 heteroatoms.